The molecule has 0 aliphatic heterocycles. The molecule has 0 fully saturated rings. The molecule has 1 amide bonds. The van der Waals surface area contributed by atoms with Crippen molar-refractivity contribution in [2.24, 2.45) is 7.05 Å². The highest BCUT2D eigenvalue weighted by atomic mass is 16.2. The van der Waals surface area contributed by atoms with Crippen LogP contribution in [0.3, 0.4) is 0 Å². The standard InChI is InChI=1S/C13H24N4O/c1-9(12(18)14-5)15-7-10-8-17(6)16-11(10)13(2,3)4/h8-9,15H,7H2,1-6H3,(H,14,18). The maximum absolute atomic E-state index is 11.4. The van der Waals surface area contributed by atoms with Crippen molar-refractivity contribution in [2.75, 3.05) is 7.05 Å². The Morgan fingerprint density at radius 1 is 1.50 bits per heavy atom. The van der Waals surface area contributed by atoms with Crippen molar-refractivity contribution in [3.8, 4) is 0 Å². The van der Waals surface area contributed by atoms with E-state index in [2.05, 4.69) is 36.5 Å². The number of aryl methyl sites for hydroxylation is 1. The first-order valence-corrected chi connectivity index (χ1v) is 6.23. The van der Waals surface area contributed by atoms with Gasteiger partial charge in [-0.25, -0.2) is 0 Å². The van der Waals surface area contributed by atoms with Gasteiger partial charge in [0.1, 0.15) is 0 Å². The molecule has 1 rings (SSSR count). The molecule has 0 aliphatic rings. The summed E-state index contributed by atoms with van der Waals surface area (Å²) in [6.07, 6.45) is 2.00. The van der Waals surface area contributed by atoms with Gasteiger partial charge in [-0.2, -0.15) is 5.10 Å². The van der Waals surface area contributed by atoms with Crippen molar-refractivity contribution in [3.05, 3.63) is 17.5 Å². The number of hydrogen-bond donors (Lipinski definition) is 2. The Labute approximate surface area is 109 Å². The molecule has 1 atom stereocenters. The van der Waals surface area contributed by atoms with Gasteiger partial charge in [0.2, 0.25) is 5.91 Å². The van der Waals surface area contributed by atoms with Gasteiger partial charge in [-0.3, -0.25) is 9.48 Å². The number of likely N-dealkylation sites (N-methyl/N-ethyl adjacent to an activating group) is 1. The molecule has 0 bridgehead atoms. The van der Waals surface area contributed by atoms with E-state index in [1.807, 2.05) is 24.9 Å². The number of amides is 1. The minimum Gasteiger partial charge on any atom is -0.358 e. The third-order valence-electron chi connectivity index (χ3n) is 2.85. The van der Waals surface area contributed by atoms with Gasteiger partial charge in [-0.1, -0.05) is 20.8 Å². The van der Waals surface area contributed by atoms with Crippen LogP contribution >= 0.6 is 0 Å². The highest BCUT2D eigenvalue weighted by molar-refractivity contribution is 5.80. The van der Waals surface area contributed by atoms with Gasteiger partial charge >= 0.3 is 0 Å². The summed E-state index contributed by atoms with van der Waals surface area (Å²) in [6.45, 7) is 8.92. The van der Waals surface area contributed by atoms with E-state index in [9.17, 15) is 4.79 Å². The van der Waals surface area contributed by atoms with Crippen LogP contribution in [0.1, 0.15) is 39.0 Å². The molecule has 5 heteroatoms. The summed E-state index contributed by atoms with van der Waals surface area (Å²) in [5, 5.41) is 10.3. The molecule has 0 radical (unpaired) electrons. The average Bonchev–Trinajstić information content (AvgIpc) is 2.66. The second kappa shape index (κ2) is 5.52. The van der Waals surface area contributed by atoms with E-state index in [-0.39, 0.29) is 17.4 Å². The number of nitrogens with zero attached hydrogens (tertiary/aromatic N) is 2. The summed E-state index contributed by atoms with van der Waals surface area (Å²) in [5.41, 5.74) is 2.22. The maximum atomic E-state index is 11.4. The highest BCUT2D eigenvalue weighted by Gasteiger charge is 2.22. The normalized spacial score (nSPS) is 13.4. The van der Waals surface area contributed by atoms with Gasteiger partial charge in [-0.05, 0) is 6.92 Å². The molecule has 0 aliphatic carbocycles. The molecule has 102 valence electrons. The monoisotopic (exact) mass is 252 g/mol. The molecule has 0 spiro atoms. The zero-order chi connectivity index (χ0) is 13.9. The molecule has 5 nitrogen and oxygen atoms in total. The van der Waals surface area contributed by atoms with Gasteiger partial charge in [-0.15, -0.1) is 0 Å². The Bertz CT molecular complexity index is 417. The van der Waals surface area contributed by atoms with Gasteiger partial charge in [0, 0.05) is 37.8 Å². The highest BCUT2D eigenvalue weighted by Crippen LogP contribution is 2.23. The average molecular weight is 252 g/mol. The van der Waals surface area contributed by atoms with E-state index in [1.165, 1.54) is 0 Å². The van der Waals surface area contributed by atoms with Gasteiger partial charge in [0.25, 0.3) is 0 Å². The summed E-state index contributed by atoms with van der Waals surface area (Å²) >= 11 is 0. The lowest BCUT2D eigenvalue weighted by Gasteiger charge is -2.18. The first kappa shape index (κ1) is 14.7. The van der Waals surface area contributed by atoms with Crippen LogP contribution in [-0.4, -0.2) is 28.8 Å². The second-order valence-electron chi connectivity index (χ2n) is 5.64. The number of hydrogen-bond acceptors (Lipinski definition) is 3. The molecule has 0 saturated carbocycles. The van der Waals surface area contributed by atoms with E-state index >= 15 is 0 Å². The Morgan fingerprint density at radius 3 is 2.61 bits per heavy atom. The Hall–Kier alpha value is -1.36. The van der Waals surface area contributed by atoms with Crippen LogP contribution in [0, 0.1) is 0 Å². The van der Waals surface area contributed by atoms with E-state index < -0.39 is 0 Å². The lowest BCUT2D eigenvalue weighted by Crippen LogP contribution is -2.40. The van der Waals surface area contributed by atoms with Crippen molar-refractivity contribution in [3.63, 3.8) is 0 Å². The SMILES string of the molecule is CNC(=O)C(C)NCc1cn(C)nc1C(C)(C)C. The van der Waals surface area contributed by atoms with Crippen LogP contribution < -0.4 is 10.6 Å². The van der Waals surface area contributed by atoms with Gasteiger partial charge in [0.15, 0.2) is 0 Å². The van der Waals surface area contributed by atoms with E-state index in [0.717, 1.165) is 11.3 Å². The Morgan fingerprint density at radius 2 is 2.11 bits per heavy atom. The fourth-order valence-corrected chi connectivity index (χ4v) is 1.87. The van der Waals surface area contributed by atoms with E-state index in [1.54, 1.807) is 7.05 Å². The minimum atomic E-state index is -0.206. The van der Waals surface area contributed by atoms with Crippen molar-refractivity contribution in [1.29, 1.82) is 0 Å². The molecule has 0 aromatic carbocycles. The molecular weight excluding hydrogens is 228 g/mol. The third kappa shape index (κ3) is 3.57. The minimum absolute atomic E-state index is 0.00352. The molecule has 1 heterocycles. The zero-order valence-electron chi connectivity index (χ0n) is 12.2. The van der Waals surface area contributed by atoms with Crippen molar-refractivity contribution >= 4 is 5.91 Å². The summed E-state index contributed by atoms with van der Waals surface area (Å²) in [6, 6.07) is -0.206. The second-order valence-corrected chi connectivity index (χ2v) is 5.64. The third-order valence-corrected chi connectivity index (χ3v) is 2.85. The van der Waals surface area contributed by atoms with Crippen LogP contribution in [0.2, 0.25) is 0 Å². The number of nitrogens with one attached hydrogen (secondary N) is 2. The summed E-state index contributed by atoms with van der Waals surface area (Å²) < 4.78 is 1.82. The van der Waals surface area contributed by atoms with Crippen LogP contribution in [0.25, 0.3) is 0 Å². The molecular formula is C13H24N4O. The lowest BCUT2D eigenvalue weighted by atomic mass is 9.89. The van der Waals surface area contributed by atoms with Gasteiger partial charge < -0.3 is 10.6 Å². The summed E-state index contributed by atoms with van der Waals surface area (Å²) in [4.78, 5) is 11.4. The quantitative estimate of drug-likeness (QED) is 0.838. The largest absolute Gasteiger partial charge is 0.358 e. The van der Waals surface area contributed by atoms with Gasteiger partial charge in [0.05, 0.1) is 11.7 Å². The molecule has 0 saturated heterocycles. The number of carbonyl (C=O) groups excluding carboxylic acids is 1. The predicted molar refractivity (Wildman–Crippen MR) is 72.3 cm³/mol. The van der Waals surface area contributed by atoms with Crippen LogP contribution in [0.5, 0.6) is 0 Å². The van der Waals surface area contributed by atoms with Crippen molar-refractivity contribution < 1.29 is 4.79 Å². The first-order valence-electron chi connectivity index (χ1n) is 6.23. The number of rotatable bonds is 4. The predicted octanol–water partition coefficient (Wildman–Crippen LogP) is 0.942. The van der Waals surface area contributed by atoms with Crippen LogP contribution in [-0.2, 0) is 23.8 Å². The molecule has 18 heavy (non-hydrogen) atoms. The smallest absolute Gasteiger partial charge is 0.236 e. The Balaban J connectivity index is 2.76. The first-order chi connectivity index (χ1) is 8.25. The molecule has 1 aromatic rings. The molecule has 1 unspecified atom stereocenters. The van der Waals surface area contributed by atoms with E-state index in [4.69, 9.17) is 0 Å². The van der Waals surface area contributed by atoms with Crippen molar-refractivity contribution in [1.82, 2.24) is 20.4 Å². The Kier molecular flexibility index (Phi) is 4.51. The topological polar surface area (TPSA) is 59.0 Å². The number of aromatic nitrogens is 2. The molecule has 1 aromatic heterocycles. The summed E-state index contributed by atoms with van der Waals surface area (Å²) in [7, 11) is 3.56. The fourth-order valence-electron chi connectivity index (χ4n) is 1.87. The fraction of sp³-hybridized carbons (Fsp3) is 0.692. The maximum Gasteiger partial charge on any atom is 0.236 e. The van der Waals surface area contributed by atoms with Crippen molar-refractivity contribution in [2.45, 2.75) is 45.7 Å². The van der Waals surface area contributed by atoms with E-state index in [0.29, 0.717) is 6.54 Å². The molecule has 2 N–H and O–H groups in total. The summed E-state index contributed by atoms with van der Waals surface area (Å²) in [5.74, 6) is -0.00352. The van der Waals surface area contributed by atoms with Crippen LogP contribution in [0.15, 0.2) is 6.20 Å². The van der Waals surface area contributed by atoms with Crippen LogP contribution in [0.4, 0.5) is 0 Å². The zero-order valence-corrected chi connectivity index (χ0v) is 12.2. The number of carbonyl (C=O) groups is 1. The lowest BCUT2D eigenvalue weighted by molar-refractivity contribution is -0.122.